The molecular weight excluding hydrogens is 503 g/mol. The van der Waals surface area contributed by atoms with E-state index in [0.717, 1.165) is 26.9 Å². The summed E-state index contributed by atoms with van der Waals surface area (Å²) in [7, 11) is 0. The second kappa shape index (κ2) is 9.85. The number of carbonyl (C=O) groups is 1. The van der Waals surface area contributed by atoms with E-state index in [1.54, 1.807) is 34.9 Å². The van der Waals surface area contributed by atoms with Crippen LogP contribution < -0.4 is 9.91 Å². The number of carbonyl (C=O) groups excluding carboxylic acids is 1. The average molecular weight is 524 g/mol. The molecule has 3 aromatic carbocycles. The molecule has 1 atom stereocenters. The van der Waals surface area contributed by atoms with Crippen LogP contribution in [0.3, 0.4) is 0 Å². The maximum absolute atomic E-state index is 14.0. The Hall–Kier alpha value is -3.52. The van der Waals surface area contributed by atoms with Crippen molar-refractivity contribution < 1.29 is 4.79 Å². The minimum absolute atomic E-state index is 0.0310. The van der Waals surface area contributed by atoms with Crippen LogP contribution >= 0.6 is 34.9 Å². The number of thioether (sulfide) groups is 2. The lowest BCUT2D eigenvalue weighted by Crippen LogP contribution is -2.51. The van der Waals surface area contributed by atoms with E-state index < -0.39 is 4.33 Å². The number of thiophene rings is 1. The largest absolute Gasteiger partial charge is 0.268 e. The van der Waals surface area contributed by atoms with Crippen LogP contribution in [0, 0.1) is 0 Å². The molecule has 0 N–H and O–H groups in total. The first kappa shape index (κ1) is 22.9. The predicted octanol–water partition coefficient (Wildman–Crippen LogP) is 7.76. The highest BCUT2D eigenvalue weighted by Crippen LogP contribution is 2.59. The summed E-state index contributed by atoms with van der Waals surface area (Å²) in [4.78, 5) is 17.6. The first-order chi connectivity index (χ1) is 17.7. The van der Waals surface area contributed by atoms with Crippen molar-refractivity contribution in [2.24, 2.45) is 5.10 Å². The lowest BCUT2D eigenvalue weighted by molar-refractivity contribution is -0.114. The molecule has 0 saturated carbocycles. The van der Waals surface area contributed by atoms with Gasteiger partial charge in [-0.25, -0.2) is 5.01 Å². The van der Waals surface area contributed by atoms with Gasteiger partial charge in [-0.1, -0.05) is 90.6 Å². The van der Waals surface area contributed by atoms with Gasteiger partial charge in [0.15, 0.2) is 0 Å². The molecule has 36 heavy (non-hydrogen) atoms. The number of para-hydroxylation sites is 2. The van der Waals surface area contributed by atoms with Gasteiger partial charge in [-0.2, -0.15) is 5.10 Å². The van der Waals surface area contributed by atoms with Crippen molar-refractivity contribution in [3.8, 4) is 0 Å². The van der Waals surface area contributed by atoms with E-state index in [2.05, 4.69) is 18.2 Å². The summed E-state index contributed by atoms with van der Waals surface area (Å²) in [6.07, 6.45) is 6.08. The van der Waals surface area contributed by atoms with E-state index in [0.29, 0.717) is 4.91 Å². The molecule has 1 amide bonds. The second-order valence-corrected chi connectivity index (χ2v) is 11.7. The highest BCUT2D eigenvalue weighted by Gasteiger charge is 2.58. The second-order valence-electron chi connectivity index (χ2n) is 8.08. The molecule has 0 radical (unpaired) electrons. The van der Waals surface area contributed by atoms with Crippen LogP contribution in [0.15, 0.2) is 125 Å². The maximum atomic E-state index is 14.0. The molecular formula is C29H21N3OS3. The third-order valence-corrected chi connectivity index (χ3v) is 9.19. The molecule has 0 aliphatic carbocycles. The fraction of sp³-hybridized carbons (Fsp3) is 0.0345. The van der Waals surface area contributed by atoms with Crippen LogP contribution in [0.5, 0.6) is 0 Å². The summed E-state index contributed by atoms with van der Waals surface area (Å²) < 4.78 is -0.834. The Labute approximate surface area is 222 Å². The van der Waals surface area contributed by atoms with Gasteiger partial charge in [0.05, 0.1) is 10.6 Å². The van der Waals surface area contributed by atoms with Crippen molar-refractivity contribution in [2.75, 3.05) is 9.91 Å². The molecule has 2 aliphatic rings. The summed E-state index contributed by atoms with van der Waals surface area (Å²) >= 11 is 4.75. The van der Waals surface area contributed by atoms with E-state index in [9.17, 15) is 4.79 Å². The highest BCUT2D eigenvalue weighted by atomic mass is 32.2. The monoisotopic (exact) mass is 523 g/mol. The topological polar surface area (TPSA) is 35.9 Å². The van der Waals surface area contributed by atoms with Gasteiger partial charge in [0.2, 0.25) is 4.33 Å². The molecule has 4 nitrogen and oxygen atoms in total. The molecule has 2 aliphatic heterocycles. The minimum Gasteiger partial charge on any atom is -0.268 e. The number of hydrazone groups is 1. The van der Waals surface area contributed by atoms with Gasteiger partial charge in [0, 0.05) is 10.6 Å². The number of hydrogen-bond donors (Lipinski definition) is 0. The smallest absolute Gasteiger partial charge is 0.268 e. The number of hydrogen-bond acceptors (Lipinski definition) is 6. The van der Waals surface area contributed by atoms with Crippen molar-refractivity contribution in [1.82, 2.24) is 0 Å². The van der Waals surface area contributed by atoms with Gasteiger partial charge in [0.1, 0.15) is 5.04 Å². The summed E-state index contributed by atoms with van der Waals surface area (Å²) in [5.41, 5.74) is 2.86. The summed E-state index contributed by atoms with van der Waals surface area (Å²) in [5, 5.41) is 9.88. The SMILES string of the molecule is O=C1/C(=C\c2cccs2)S[C@]2(SC(/C=C\c3ccccc3)=NN2c2ccccc2)N1c1ccccc1. The van der Waals surface area contributed by atoms with Crippen molar-refractivity contribution in [1.29, 1.82) is 0 Å². The maximum Gasteiger partial charge on any atom is 0.268 e. The molecule has 1 spiro atoms. The van der Waals surface area contributed by atoms with Crippen LogP contribution in [0.4, 0.5) is 11.4 Å². The van der Waals surface area contributed by atoms with Crippen molar-refractivity contribution >= 4 is 69.3 Å². The number of amides is 1. The highest BCUT2D eigenvalue weighted by molar-refractivity contribution is 8.28. The Balaban J connectivity index is 1.47. The van der Waals surface area contributed by atoms with Crippen molar-refractivity contribution in [3.63, 3.8) is 0 Å². The quantitative estimate of drug-likeness (QED) is 0.251. The summed E-state index contributed by atoms with van der Waals surface area (Å²) in [6, 6.07) is 34.1. The molecule has 1 saturated heterocycles. The molecule has 6 rings (SSSR count). The van der Waals surface area contributed by atoms with E-state index in [1.807, 2.05) is 118 Å². The number of nitrogens with zero attached hydrogens (tertiary/aromatic N) is 3. The van der Waals surface area contributed by atoms with Gasteiger partial charge in [-0.15, -0.1) is 11.3 Å². The zero-order chi connectivity index (χ0) is 24.4. The fourth-order valence-electron chi connectivity index (χ4n) is 4.08. The molecule has 4 aromatic rings. The van der Waals surface area contributed by atoms with Gasteiger partial charge >= 0.3 is 0 Å². The number of benzene rings is 3. The molecule has 176 valence electrons. The third kappa shape index (κ3) is 4.30. The Morgan fingerprint density at radius 2 is 1.39 bits per heavy atom. The predicted molar refractivity (Wildman–Crippen MR) is 156 cm³/mol. The lowest BCUT2D eigenvalue weighted by Gasteiger charge is -2.38. The zero-order valence-electron chi connectivity index (χ0n) is 19.1. The third-order valence-electron chi connectivity index (χ3n) is 5.69. The molecule has 3 heterocycles. The van der Waals surface area contributed by atoms with Crippen LogP contribution in [-0.4, -0.2) is 15.3 Å². The van der Waals surface area contributed by atoms with E-state index >= 15 is 0 Å². The molecule has 0 unspecified atom stereocenters. The zero-order valence-corrected chi connectivity index (χ0v) is 21.5. The van der Waals surface area contributed by atoms with Crippen LogP contribution in [0.25, 0.3) is 12.2 Å². The minimum atomic E-state index is -0.834. The Kier molecular flexibility index (Phi) is 6.27. The van der Waals surface area contributed by atoms with Crippen LogP contribution in [-0.2, 0) is 4.79 Å². The van der Waals surface area contributed by atoms with Gasteiger partial charge in [0.25, 0.3) is 5.91 Å². The molecule has 1 aromatic heterocycles. The molecule has 1 fully saturated rings. The Morgan fingerprint density at radius 1 is 0.722 bits per heavy atom. The van der Waals surface area contributed by atoms with Gasteiger partial charge in [-0.05, 0) is 65.2 Å². The normalized spacial score (nSPS) is 20.7. The number of rotatable bonds is 5. The molecule has 0 bridgehead atoms. The summed E-state index contributed by atoms with van der Waals surface area (Å²) in [6.45, 7) is 0. The van der Waals surface area contributed by atoms with Crippen LogP contribution in [0.1, 0.15) is 10.4 Å². The lowest BCUT2D eigenvalue weighted by atomic mass is 10.2. The fourth-order valence-corrected chi connectivity index (χ4v) is 7.71. The standard InChI is InChI=1S/C29H21N3OS3/c33-28-26(21-25-17-10-20-34-25)35-29(31(28)23-13-6-2-7-14-23)32(24-15-8-3-9-16-24)30-27(36-29)19-18-22-11-4-1-5-12-22/h1-21H/b19-18-,26-21+/t29-/m0/s1. The summed E-state index contributed by atoms with van der Waals surface area (Å²) in [5.74, 6) is -0.0310. The van der Waals surface area contributed by atoms with Crippen LogP contribution in [0.2, 0.25) is 0 Å². The Bertz CT molecular complexity index is 1450. The average Bonchev–Trinajstić information content (AvgIpc) is 3.63. The first-order valence-corrected chi connectivity index (χ1v) is 13.9. The van der Waals surface area contributed by atoms with Gasteiger partial charge < -0.3 is 0 Å². The molecule has 7 heteroatoms. The van der Waals surface area contributed by atoms with Gasteiger partial charge in [-0.3, -0.25) is 9.69 Å². The van der Waals surface area contributed by atoms with E-state index in [4.69, 9.17) is 5.10 Å². The Morgan fingerprint density at radius 3 is 2.06 bits per heavy atom. The first-order valence-electron chi connectivity index (χ1n) is 11.4. The van der Waals surface area contributed by atoms with Crippen molar-refractivity contribution in [3.05, 3.63) is 130 Å². The van der Waals surface area contributed by atoms with E-state index in [-0.39, 0.29) is 5.91 Å². The van der Waals surface area contributed by atoms with E-state index in [1.165, 1.54) is 0 Å². The number of anilines is 2. The van der Waals surface area contributed by atoms with Crippen molar-refractivity contribution in [2.45, 2.75) is 4.33 Å².